The zero-order valence-corrected chi connectivity index (χ0v) is 10.6. The zero-order chi connectivity index (χ0) is 13.5. The highest BCUT2D eigenvalue weighted by Crippen LogP contribution is 2.39. The van der Waals surface area contributed by atoms with Crippen LogP contribution < -0.4 is 5.32 Å². The molecule has 19 heavy (non-hydrogen) atoms. The molecule has 1 atom stereocenters. The topological polar surface area (TPSA) is 38.3 Å². The Kier molecular flexibility index (Phi) is 4.52. The summed E-state index contributed by atoms with van der Waals surface area (Å²) in [6.07, 6.45) is -1.15. The highest BCUT2D eigenvalue weighted by Gasteiger charge is 2.49. The van der Waals surface area contributed by atoms with Crippen LogP contribution in [-0.4, -0.2) is 18.6 Å². The van der Waals surface area contributed by atoms with E-state index >= 15 is 0 Å². The average Bonchev–Trinajstić information content (AvgIpc) is 2.29. The number of benzene rings is 1. The van der Waals surface area contributed by atoms with Crippen LogP contribution in [0.3, 0.4) is 0 Å². The van der Waals surface area contributed by atoms with Crippen molar-refractivity contribution in [3.63, 3.8) is 0 Å². The molecular weight excluding hydrogens is 313 g/mol. The minimum absolute atomic E-state index is 0. The van der Waals surface area contributed by atoms with Gasteiger partial charge >= 0.3 is 12.0 Å². The Morgan fingerprint density at radius 3 is 2.53 bits per heavy atom. The van der Waals surface area contributed by atoms with E-state index in [0.29, 0.717) is 12.1 Å². The number of ether oxygens (including phenoxy) is 1. The third-order valence-electron chi connectivity index (χ3n) is 2.45. The molecule has 0 radical (unpaired) electrons. The van der Waals surface area contributed by atoms with Gasteiger partial charge in [0.15, 0.2) is 6.61 Å². The van der Waals surface area contributed by atoms with Gasteiger partial charge in [0.2, 0.25) is 0 Å². The van der Waals surface area contributed by atoms with Gasteiger partial charge in [-0.3, -0.25) is 0 Å². The van der Waals surface area contributed by atoms with Crippen molar-refractivity contribution < 1.29 is 27.1 Å². The van der Waals surface area contributed by atoms with Gasteiger partial charge < -0.3 is 10.1 Å². The number of nitrogens with one attached hydrogen (secondary N) is 1. The lowest BCUT2D eigenvalue weighted by Gasteiger charge is -2.32. The maximum Gasteiger partial charge on any atom is 0.408 e. The summed E-state index contributed by atoms with van der Waals surface area (Å²) in [6, 6.07) is -0.698. The molecule has 1 heterocycles. The van der Waals surface area contributed by atoms with E-state index in [9.17, 15) is 22.4 Å². The molecule has 1 fully saturated rings. The second-order valence-electron chi connectivity index (χ2n) is 3.67. The fourth-order valence-corrected chi connectivity index (χ4v) is 1.86. The summed E-state index contributed by atoms with van der Waals surface area (Å²) < 4.78 is 57.8. The standard InChI is InChI=1S/C10H6ClF4NO2.ClH/c11-7-5(13)2-1-4(12)6(7)8-10(14,15)3-18-9(17)16-8;/h1-2,8H,3H2,(H,16,17);1H/t8-;/m1./s1. The van der Waals surface area contributed by atoms with Gasteiger partial charge in [0.25, 0.3) is 0 Å². The van der Waals surface area contributed by atoms with Gasteiger partial charge in [0.1, 0.15) is 17.7 Å². The Morgan fingerprint density at radius 1 is 1.32 bits per heavy atom. The first kappa shape index (κ1) is 15.8. The molecule has 1 aromatic rings. The van der Waals surface area contributed by atoms with Gasteiger partial charge in [-0.25, -0.2) is 22.4 Å². The van der Waals surface area contributed by atoms with Crippen LogP contribution in [0, 0.1) is 11.6 Å². The van der Waals surface area contributed by atoms with Gasteiger partial charge in [0.05, 0.1) is 5.02 Å². The second kappa shape index (κ2) is 5.42. The largest absolute Gasteiger partial charge is 0.443 e. The Bertz CT molecular complexity index is 513. The Morgan fingerprint density at radius 2 is 1.89 bits per heavy atom. The number of hydrogen-bond acceptors (Lipinski definition) is 2. The van der Waals surface area contributed by atoms with E-state index < -0.39 is 46.9 Å². The number of rotatable bonds is 1. The quantitative estimate of drug-likeness (QED) is 0.636. The lowest BCUT2D eigenvalue weighted by molar-refractivity contribution is -0.105. The summed E-state index contributed by atoms with van der Waals surface area (Å²) >= 11 is 5.47. The first-order chi connectivity index (χ1) is 8.33. The van der Waals surface area contributed by atoms with Gasteiger partial charge in [-0.1, -0.05) is 11.6 Å². The van der Waals surface area contributed by atoms with Crippen LogP contribution in [0.15, 0.2) is 12.1 Å². The number of hydrogen-bond donors (Lipinski definition) is 1. The van der Waals surface area contributed by atoms with Crippen LogP contribution in [0.2, 0.25) is 5.02 Å². The third-order valence-corrected chi connectivity index (χ3v) is 2.83. The van der Waals surface area contributed by atoms with E-state index in [1.54, 1.807) is 5.32 Å². The predicted octanol–water partition coefficient (Wildman–Crippen LogP) is 3.46. The Hall–Kier alpha value is -1.21. The van der Waals surface area contributed by atoms with Gasteiger partial charge in [-0.15, -0.1) is 12.4 Å². The van der Waals surface area contributed by atoms with E-state index in [1.807, 2.05) is 0 Å². The number of amides is 1. The van der Waals surface area contributed by atoms with Crippen molar-refractivity contribution >= 4 is 30.1 Å². The van der Waals surface area contributed by atoms with Crippen molar-refractivity contribution in [2.45, 2.75) is 12.0 Å². The Balaban J connectivity index is 0.00000180. The van der Waals surface area contributed by atoms with Crippen LogP contribution in [0.4, 0.5) is 22.4 Å². The van der Waals surface area contributed by atoms with Crippen LogP contribution in [-0.2, 0) is 4.74 Å². The fourth-order valence-electron chi connectivity index (χ4n) is 1.60. The molecule has 0 aliphatic carbocycles. The summed E-state index contributed by atoms with van der Waals surface area (Å²) in [5.74, 6) is -5.77. The summed E-state index contributed by atoms with van der Waals surface area (Å²) in [7, 11) is 0. The molecule has 1 N–H and O–H groups in total. The molecule has 0 saturated carbocycles. The molecule has 0 spiro atoms. The van der Waals surface area contributed by atoms with E-state index in [4.69, 9.17) is 11.6 Å². The van der Waals surface area contributed by atoms with Gasteiger partial charge in [-0.2, -0.15) is 0 Å². The molecule has 3 nitrogen and oxygen atoms in total. The van der Waals surface area contributed by atoms with Crippen molar-refractivity contribution in [2.24, 2.45) is 0 Å². The number of carbonyl (C=O) groups excluding carboxylic acids is 1. The second-order valence-corrected chi connectivity index (χ2v) is 4.05. The summed E-state index contributed by atoms with van der Waals surface area (Å²) in [5, 5.41) is 0.940. The normalized spacial score (nSPS) is 21.1. The molecule has 1 aromatic carbocycles. The average molecular weight is 320 g/mol. The predicted molar refractivity (Wildman–Crippen MR) is 60.8 cm³/mol. The summed E-state index contributed by atoms with van der Waals surface area (Å²) in [4.78, 5) is 10.9. The van der Waals surface area contributed by atoms with Gasteiger partial charge in [0, 0.05) is 5.56 Å². The van der Waals surface area contributed by atoms with Crippen LogP contribution in [0.25, 0.3) is 0 Å². The SMILES string of the molecule is Cl.O=C1N[C@H](c2c(F)ccc(F)c2Cl)C(F)(F)CO1. The van der Waals surface area contributed by atoms with Crippen molar-refractivity contribution in [1.29, 1.82) is 0 Å². The monoisotopic (exact) mass is 319 g/mol. The highest BCUT2D eigenvalue weighted by atomic mass is 35.5. The number of alkyl halides is 2. The summed E-state index contributed by atoms with van der Waals surface area (Å²) in [5.41, 5.74) is -0.793. The van der Waals surface area contributed by atoms with Crippen molar-refractivity contribution in [3.8, 4) is 0 Å². The summed E-state index contributed by atoms with van der Waals surface area (Å²) in [6.45, 7) is -1.23. The van der Waals surface area contributed by atoms with E-state index in [-0.39, 0.29) is 12.4 Å². The zero-order valence-electron chi connectivity index (χ0n) is 9.05. The smallest absolute Gasteiger partial charge is 0.408 e. The minimum Gasteiger partial charge on any atom is -0.443 e. The number of alkyl carbamates (subject to hydrolysis) is 1. The maximum atomic E-state index is 13.5. The van der Waals surface area contributed by atoms with Crippen LogP contribution >= 0.6 is 24.0 Å². The van der Waals surface area contributed by atoms with Crippen molar-refractivity contribution in [2.75, 3.05) is 6.61 Å². The Labute approximate surface area is 116 Å². The first-order valence-corrected chi connectivity index (χ1v) is 5.15. The van der Waals surface area contributed by atoms with Gasteiger partial charge in [-0.05, 0) is 12.1 Å². The molecule has 1 amide bonds. The lowest BCUT2D eigenvalue weighted by atomic mass is 9.99. The third kappa shape index (κ3) is 2.87. The molecule has 1 aliphatic heterocycles. The van der Waals surface area contributed by atoms with Crippen molar-refractivity contribution in [1.82, 2.24) is 5.32 Å². The molecule has 1 saturated heterocycles. The maximum absolute atomic E-state index is 13.5. The molecular formula is C10H7Cl2F4NO2. The van der Waals surface area contributed by atoms with E-state index in [2.05, 4.69) is 4.74 Å². The van der Waals surface area contributed by atoms with Crippen molar-refractivity contribution in [3.05, 3.63) is 34.4 Å². The molecule has 106 valence electrons. The number of halogens is 6. The lowest BCUT2D eigenvalue weighted by Crippen LogP contribution is -2.50. The molecule has 0 aromatic heterocycles. The van der Waals surface area contributed by atoms with Crippen LogP contribution in [0.5, 0.6) is 0 Å². The number of carbonyl (C=O) groups is 1. The molecule has 0 unspecified atom stereocenters. The highest BCUT2D eigenvalue weighted by molar-refractivity contribution is 6.31. The minimum atomic E-state index is -3.59. The molecule has 1 aliphatic rings. The molecule has 9 heteroatoms. The molecule has 0 bridgehead atoms. The van der Waals surface area contributed by atoms with E-state index in [1.165, 1.54) is 0 Å². The number of cyclic esters (lactones) is 1. The van der Waals surface area contributed by atoms with Crippen LogP contribution in [0.1, 0.15) is 11.6 Å². The first-order valence-electron chi connectivity index (χ1n) is 4.77. The fraction of sp³-hybridized carbons (Fsp3) is 0.300. The van der Waals surface area contributed by atoms with E-state index in [0.717, 1.165) is 0 Å². The molecule has 2 rings (SSSR count).